The molecule has 0 radical (unpaired) electrons. The Morgan fingerprint density at radius 1 is 1.46 bits per heavy atom. The molecular formula is C9H18O3S. The van der Waals surface area contributed by atoms with E-state index in [0.29, 0.717) is 25.4 Å². The molecule has 0 aromatic carbocycles. The molecule has 0 saturated carbocycles. The van der Waals surface area contributed by atoms with Crippen molar-refractivity contribution >= 4 is 18.6 Å². The molecule has 0 saturated heterocycles. The van der Waals surface area contributed by atoms with Crippen LogP contribution in [0, 0.1) is 0 Å². The first-order chi connectivity index (χ1) is 6.24. The highest BCUT2D eigenvalue weighted by Crippen LogP contribution is 2.00. The molecule has 3 nitrogen and oxygen atoms in total. The number of ether oxygens (including phenoxy) is 2. The summed E-state index contributed by atoms with van der Waals surface area (Å²) in [5, 5.41) is 0. The van der Waals surface area contributed by atoms with E-state index in [1.165, 1.54) is 0 Å². The Labute approximate surface area is 85.2 Å². The van der Waals surface area contributed by atoms with E-state index >= 15 is 0 Å². The molecule has 1 atom stereocenters. The van der Waals surface area contributed by atoms with Crippen LogP contribution in [0.4, 0.5) is 0 Å². The molecule has 13 heavy (non-hydrogen) atoms. The van der Waals surface area contributed by atoms with Gasteiger partial charge in [-0.3, -0.25) is 4.79 Å². The summed E-state index contributed by atoms with van der Waals surface area (Å²) in [6, 6.07) is 0. The monoisotopic (exact) mass is 206 g/mol. The van der Waals surface area contributed by atoms with Crippen LogP contribution in [-0.4, -0.2) is 31.0 Å². The van der Waals surface area contributed by atoms with E-state index in [4.69, 9.17) is 9.47 Å². The van der Waals surface area contributed by atoms with Crippen LogP contribution in [0.1, 0.15) is 26.7 Å². The van der Waals surface area contributed by atoms with Gasteiger partial charge in [-0.15, -0.1) is 0 Å². The van der Waals surface area contributed by atoms with E-state index in [9.17, 15) is 4.79 Å². The molecule has 0 bridgehead atoms. The number of carbonyl (C=O) groups excluding carboxylic acids is 1. The first-order valence-electron chi connectivity index (χ1n) is 4.62. The van der Waals surface area contributed by atoms with Crippen LogP contribution >= 0.6 is 12.6 Å². The number of hydrogen-bond acceptors (Lipinski definition) is 4. The van der Waals surface area contributed by atoms with Crippen LogP contribution in [0.25, 0.3) is 0 Å². The van der Waals surface area contributed by atoms with Gasteiger partial charge >= 0.3 is 5.97 Å². The van der Waals surface area contributed by atoms with Crippen LogP contribution in [0.2, 0.25) is 0 Å². The number of thiol groups is 1. The van der Waals surface area contributed by atoms with Gasteiger partial charge in [0.15, 0.2) is 0 Å². The molecule has 0 aliphatic carbocycles. The number of rotatable bonds is 7. The normalized spacial score (nSPS) is 12.5. The minimum Gasteiger partial charge on any atom is -0.463 e. The maximum atomic E-state index is 10.9. The lowest BCUT2D eigenvalue weighted by molar-refractivity contribution is -0.147. The first-order valence-corrected chi connectivity index (χ1v) is 5.25. The fraction of sp³-hybridized carbons (Fsp3) is 0.889. The maximum absolute atomic E-state index is 10.9. The van der Waals surface area contributed by atoms with Crippen LogP contribution in [-0.2, 0) is 14.3 Å². The fourth-order valence-electron chi connectivity index (χ4n) is 0.869. The second kappa shape index (κ2) is 8.38. The highest BCUT2D eigenvalue weighted by atomic mass is 32.1. The standard InChI is InChI=1S/C9H18O3S/c1-3-8(11-4-2)7-12-9(10)5-6-13/h8,13H,3-7H2,1-2H3. The molecule has 0 aromatic rings. The van der Waals surface area contributed by atoms with Gasteiger partial charge in [0.2, 0.25) is 0 Å². The predicted octanol–water partition coefficient (Wildman–Crippen LogP) is 1.66. The lowest BCUT2D eigenvalue weighted by atomic mass is 10.3. The van der Waals surface area contributed by atoms with Gasteiger partial charge in [-0.25, -0.2) is 0 Å². The van der Waals surface area contributed by atoms with E-state index < -0.39 is 0 Å². The number of esters is 1. The number of hydrogen-bond donors (Lipinski definition) is 1. The Hall–Kier alpha value is -0.220. The van der Waals surface area contributed by atoms with E-state index in [2.05, 4.69) is 12.6 Å². The molecule has 0 fully saturated rings. The highest BCUT2D eigenvalue weighted by molar-refractivity contribution is 7.80. The summed E-state index contributed by atoms with van der Waals surface area (Å²) in [7, 11) is 0. The van der Waals surface area contributed by atoms with Crippen LogP contribution in [0.15, 0.2) is 0 Å². The van der Waals surface area contributed by atoms with Gasteiger partial charge in [-0.1, -0.05) is 6.92 Å². The highest BCUT2D eigenvalue weighted by Gasteiger charge is 2.08. The Bertz CT molecular complexity index is 139. The van der Waals surface area contributed by atoms with Crippen molar-refractivity contribution in [2.75, 3.05) is 19.0 Å². The zero-order valence-corrected chi connectivity index (χ0v) is 9.18. The molecule has 0 aliphatic heterocycles. The Kier molecular flexibility index (Phi) is 8.24. The third kappa shape index (κ3) is 6.90. The largest absolute Gasteiger partial charge is 0.463 e. The third-order valence-corrected chi connectivity index (χ3v) is 1.83. The second-order valence-electron chi connectivity index (χ2n) is 2.64. The topological polar surface area (TPSA) is 35.5 Å². The molecule has 78 valence electrons. The second-order valence-corrected chi connectivity index (χ2v) is 3.09. The van der Waals surface area contributed by atoms with E-state index in [1.54, 1.807) is 0 Å². The van der Waals surface area contributed by atoms with Crippen molar-refractivity contribution in [1.29, 1.82) is 0 Å². The van der Waals surface area contributed by atoms with Crippen LogP contribution in [0.3, 0.4) is 0 Å². The molecule has 4 heteroatoms. The fourth-order valence-corrected chi connectivity index (χ4v) is 1.05. The van der Waals surface area contributed by atoms with E-state index in [-0.39, 0.29) is 12.1 Å². The lowest BCUT2D eigenvalue weighted by Gasteiger charge is -2.14. The summed E-state index contributed by atoms with van der Waals surface area (Å²) in [5.74, 6) is 0.331. The lowest BCUT2D eigenvalue weighted by Crippen LogP contribution is -2.21. The quantitative estimate of drug-likeness (QED) is 0.508. The molecular weight excluding hydrogens is 188 g/mol. The van der Waals surface area contributed by atoms with E-state index in [0.717, 1.165) is 6.42 Å². The smallest absolute Gasteiger partial charge is 0.306 e. The Balaban J connectivity index is 3.52. The molecule has 0 rings (SSSR count). The summed E-state index contributed by atoms with van der Waals surface area (Å²) in [5.41, 5.74) is 0. The van der Waals surface area contributed by atoms with Crippen molar-refractivity contribution in [3.63, 3.8) is 0 Å². The molecule has 0 aliphatic rings. The van der Waals surface area contributed by atoms with Gasteiger partial charge in [0, 0.05) is 12.4 Å². The van der Waals surface area contributed by atoms with Gasteiger partial charge in [0.25, 0.3) is 0 Å². The van der Waals surface area contributed by atoms with Gasteiger partial charge in [0.05, 0.1) is 12.5 Å². The van der Waals surface area contributed by atoms with Crippen molar-refractivity contribution in [2.24, 2.45) is 0 Å². The maximum Gasteiger partial charge on any atom is 0.306 e. The average Bonchev–Trinajstić information content (AvgIpc) is 2.12. The van der Waals surface area contributed by atoms with Crippen molar-refractivity contribution in [3.05, 3.63) is 0 Å². The summed E-state index contributed by atoms with van der Waals surface area (Å²) in [6.45, 7) is 4.95. The van der Waals surface area contributed by atoms with Gasteiger partial charge < -0.3 is 9.47 Å². The summed E-state index contributed by atoms with van der Waals surface area (Å²) >= 11 is 3.94. The van der Waals surface area contributed by atoms with Crippen molar-refractivity contribution < 1.29 is 14.3 Å². The predicted molar refractivity (Wildman–Crippen MR) is 55.1 cm³/mol. The van der Waals surface area contributed by atoms with Crippen molar-refractivity contribution in [3.8, 4) is 0 Å². The third-order valence-electron chi connectivity index (χ3n) is 1.60. The summed E-state index contributed by atoms with van der Waals surface area (Å²) < 4.78 is 10.3. The molecule has 0 amide bonds. The Morgan fingerprint density at radius 2 is 2.15 bits per heavy atom. The minimum absolute atomic E-state index is 0.0360. The van der Waals surface area contributed by atoms with Crippen LogP contribution in [0.5, 0.6) is 0 Å². The van der Waals surface area contributed by atoms with Crippen molar-refractivity contribution in [1.82, 2.24) is 0 Å². The first kappa shape index (κ1) is 12.8. The zero-order chi connectivity index (χ0) is 10.1. The van der Waals surface area contributed by atoms with Gasteiger partial charge in [0.1, 0.15) is 6.61 Å². The molecule has 0 N–H and O–H groups in total. The molecule has 1 unspecified atom stereocenters. The minimum atomic E-state index is -0.201. The molecule has 0 spiro atoms. The van der Waals surface area contributed by atoms with Crippen molar-refractivity contribution in [2.45, 2.75) is 32.8 Å². The Morgan fingerprint density at radius 3 is 2.62 bits per heavy atom. The van der Waals surface area contributed by atoms with Crippen LogP contribution < -0.4 is 0 Å². The SMILES string of the molecule is CCOC(CC)COC(=O)CCS. The molecule has 0 aromatic heterocycles. The van der Waals surface area contributed by atoms with E-state index in [1.807, 2.05) is 13.8 Å². The average molecular weight is 206 g/mol. The van der Waals surface area contributed by atoms with Gasteiger partial charge in [-0.05, 0) is 13.3 Å². The zero-order valence-electron chi connectivity index (χ0n) is 8.28. The number of carbonyl (C=O) groups is 1. The summed E-state index contributed by atoms with van der Waals surface area (Å²) in [6.07, 6.45) is 1.27. The molecule has 0 heterocycles. The van der Waals surface area contributed by atoms with Gasteiger partial charge in [-0.2, -0.15) is 12.6 Å². The summed E-state index contributed by atoms with van der Waals surface area (Å²) in [4.78, 5) is 10.9.